The number of hydrogen-bond donors (Lipinski definition) is 1. The third-order valence-electron chi connectivity index (χ3n) is 5.73. The molecule has 1 unspecified atom stereocenters. The van der Waals surface area contributed by atoms with Gasteiger partial charge in [0.2, 0.25) is 10.0 Å². The first kappa shape index (κ1) is 22.3. The molecule has 1 fully saturated rings. The molecule has 0 bridgehead atoms. The van der Waals surface area contributed by atoms with Gasteiger partial charge in [0.15, 0.2) is 0 Å². The fourth-order valence-electron chi connectivity index (χ4n) is 4.34. The molecule has 1 N–H and O–H groups in total. The first-order valence-electron chi connectivity index (χ1n) is 10.0. The molecular weight excluding hydrogens is 406 g/mol. The summed E-state index contributed by atoms with van der Waals surface area (Å²) in [5, 5.41) is 0.761. The summed E-state index contributed by atoms with van der Waals surface area (Å²) in [6.45, 7) is 7.20. The summed E-state index contributed by atoms with van der Waals surface area (Å²) in [4.78, 5) is 0.301. The van der Waals surface area contributed by atoms with Gasteiger partial charge in [0.1, 0.15) is 0 Å². The summed E-state index contributed by atoms with van der Waals surface area (Å²) < 4.78 is 34.1. The second kappa shape index (κ2) is 8.76. The highest BCUT2D eigenvalue weighted by atomic mass is 35.5. The van der Waals surface area contributed by atoms with Crippen LogP contribution in [0.15, 0.2) is 53.4 Å². The minimum atomic E-state index is -3.52. The molecule has 158 valence electrons. The topological polar surface area (TPSA) is 55.4 Å². The van der Waals surface area contributed by atoms with Gasteiger partial charge in [0.25, 0.3) is 0 Å². The summed E-state index contributed by atoms with van der Waals surface area (Å²) in [5.74, 6) is 0. The molecule has 0 saturated carbocycles. The molecular formula is C23H30ClNO3S. The number of sulfonamides is 1. The average Bonchev–Trinajstić information content (AvgIpc) is 2.63. The molecule has 4 nitrogen and oxygen atoms in total. The molecule has 0 aliphatic carbocycles. The van der Waals surface area contributed by atoms with E-state index in [0.717, 1.165) is 41.8 Å². The van der Waals surface area contributed by atoms with Gasteiger partial charge in [0.05, 0.1) is 10.5 Å². The Kier molecular flexibility index (Phi) is 6.74. The van der Waals surface area contributed by atoms with E-state index in [4.69, 9.17) is 16.3 Å². The Labute approximate surface area is 179 Å². The molecule has 0 spiro atoms. The largest absolute Gasteiger partial charge is 0.376 e. The zero-order chi connectivity index (χ0) is 21.1. The van der Waals surface area contributed by atoms with E-state index in [2.05, 4.69) is 24.6 Å². The Morgan fingerprint density at radius 3 is 2.45 bits per heavy atom. The summed E-state index contributed by atoms with van der Waals surface area (Å²) >= 11 is 6.43. The van der Waals surface area contributed by atoms with Crippen molar-refractivity contribution in [2.45, 2.75) is 57.0 Å². The number of ether oxygens (including phenoxy) is 1. The van der Waals surface area contributed by atoms with Crippen molar-refractivity contribution in [2.24, 2.45) is 5.41 Å². The summed E-state index contributed by atoms with van der Waals surface area (Å²) in [6, 6.07) is 14.8. The van der Waals surface area contributed by atoms with Crippen molar-refractivity contribution in [1.82, 2.24) is 4.72 Å². The number of hydrogen-bond acceptors (Lipinski definition) is 3. The van der Waals surface area contributed by atoms with E-state index in [1.54, 1.807) is 12.1 Å². The van der Waals surface area contributed by atoms with E-state index in [9.17, 15) is 8.42 Å². The van der Waals surface area contributed by atoms with Crippen LogP contribution in [-0.4, -0.2) is 27.2 Å². The highest BCUT2D eigenvalue weighted by Crippen LogP contribution is 2.44. The summed E-state index contributed by atoms with van der Waals surface area (Å²) in [7, 11) is -3.52. The third-order valence-corrected chi connectivity index (χ3v) is 7.57. The maximum atomic E-state index is 12.7. The lowest BCUT2D eigenvalue weighted by Crippen LogP contribution is -2.44. The van der Waals surface area contributed by atoms with Crippen LogP contribution in [0, 0.1) is 12.3 Å². The molecule has 0 aromatic heterocycles. The minimum Gasteiger partial charge on any atom is -0.376 e. The van der Waals surface area contributed by atoms with E-state index in [1.807, 2.05) is 37.3 Å². The van der Waals surface area contributed by atoms with Gasteiger partial charge in [-0.25, -0.2) is 13.1 Å². The molecule has 1 atom stereocenters. The van der Waals surface area contributed by atoms with Crippen LogP contribution in [0.3, 0.4) is 0 Å². The Bertz CT molecular complexity index is 941. The lowest BCUT2D eigenvalue weighted by Gasteiger charge is -2.45. The maximum absolute atomic E-state index is 12.7. The van der Waals surface area contributed by atoms with Crippen molar-refractivity contribution in [3.8, 4) is 0 Å². The zero-order valence-electron chi connectivity index (χ0n) is 17.4. The van der Waals surface area contributed by atoms with Crippen LogP contribution in [0.4, 0.5) is 0 Å². The second-order valence-electron chi connectivity index (χ2n) is 8.76. The van der Waals surface area contributed by atoms with E-state index < -0.39 is 10.0 Å². The fraction of sp³-hybridized carbons (Fsp3) is 0.478. The standard InChI is InChI=1S/C23H30ClNO3S/c1-18-8-10-20(11-9-18)29(26,27)25-14-12-23(13-15-28-22(2,3)17-23)16-19-6-4-5-7-21(19)24/h4-11,25H,12-17H2,1-3H3. The summed E-state index contributed by atoms with van der Waals surface area (Å²) in [5.41, 5.74) is 1.83. The van der Waals surface area contributed by atoms with Crippen LogP contribution in [0.2, 0.25) is 5.02 Å². The van der Waals surface area contributed by atoms with Crippen LogP contribution in [-0.2, 0) is 21.2 Å². The molecule has 1 aliphatic heterocycles. The van der Waals surface area contributed by atoms with Gasteiger partial charge in [-0.3, -0.25) is 0 Å². The first-order chi connectivity index (χ1) is 13.6. The number of nitrogens with one attached hydrogen (secondary N) is 1. The van der Waals surface area contributed by atoms with Gasteiger partial charge in [0, 0.05) is 18.2 Å². The molecule has 2 aromatic rings. The Morgan fingerprint density at radius 2 is 1.79 bits per heavy atom. The van der Waals surface area contributed by atoms with Gasteiger partial charge in [-0.15, -0.1) is 0 Å². The van der Waals surface area contributed by atoms with Crippen molar-refractivity contribution in [1.29, 1.82) is 0 Å². The second-order valence-corrected chi connectivity index (χ2v) is 10.9. The molecule has 0 amide bonds. The predicted molar refractivity (Wildman–Crippen MR) is 118 cm³/mol. The molecule has 3 rings (SSSR count). The Hall–Kier alpha value is -1.40. The van der Waals surface area contributed by atoms with E-state index in [0.29, 0.717) is 18.0 Å². The lowest BCUT2D eigenvalue weighted by molar-refractivity contribution is -0.106. The predicted octanol–water partition coefficient (Wildman–Crippen LogP) is 5.13. The maximum Gasteiger partial charge on any atom is 0.240 e. The van der Waals surface area contributed by atoms with Crippen LogP contribution in [0.1, 0.15) is 44.2 Å². The lowest BCUT2D eigenvalue weighted by atomic mass is 9.68. The molecule has 1 heterocycles. The van der Waals surface area contributed by atoms with Crippen LogP contribution in [0.5, 0.6) is 0 Å². The molecule has 0 radical (unpaired) electrons. The highest BCUT2D eigenvalue weighted by molar-refractivity contribution is 7.89. The highest BCUT2D eigenvalue weighted by Gasteiger charge is 2.41. The monoisotopic (exact) mass is 435 g/mol. The van der Waals surface area contributed by atoms with Crippen molar-refractivity contribution in [3.63, 3.8) is 0 Å². The van der Waals surface area contributed by atoms with Gasteiger partial charge in [-0.1, -0.05) is 47.5 Å². The Balaban J connectivity index is 1.75. The molecule has 2 aromatic carbocycles. The molecule has 29 heavy (non-hydrogen) atoms. The Morgan fingerprint density at radius 1 is 1.10 bits per heavy atom. The molecule has 6 heteroatoms. The first-order valence-corrected chi connectivity index (χ1v) is 11.9. The molecule has 1 aliphatic rings. The van der Waals surface area contributed by atoms with Gasteiger partial charge < -0.3 is 4.74 Å². The quantitative estimate of drug-likeness (QED) is 0.655. The van der Waals surface area contributed by atoms with Gasteiger partial charge >= 0.3 is 0 Å². The van der Waals surface area contributed by atoms with E-state index in [1.165, 1.54) is 0 Å². The van der Waals surface area contributed by atoms with Crippen LogP contribution >= 0.6 is 11.6 Å². The van der Waals surface area contributed by atoms with Crippen LogP contribution in [0.25, 0.3) is 0 Å². The number of benzene rings is 2. The van der Waals surface area contributed by atoms with Crippen molar-refractivity contribution < 1.29 is 13.2 Å². The van der Waals surface area contributed by atoms with Crippen molar-refractivity contribution in [2.75, 3.05) is 13.2 Å². The van der Waals surface area contributed by atoms with Gasteiger partial charge in [-0.05, 0) is 75.6 Å². The third kappa shape index (κ3) is 5.82. The fourth-order valence-corrected chi connectivity index (χ4v) is 5.57. The number of halogens is 1. The number of rotatable bonds is 7. The zero-order valence-corrected chi connectivity index (χ0v) is 18.9. The van der Waals surface area contributed by atoms with Crippen LogP contribution < -0.4 is 4.72 Å². The number of aryl methyl sites for hydroxylation is 1. The summed E-state index contributed by atoms with van der Waals surface area (Å²) in [6.07, 6.45) is 3.28. The SMILES string of the molecule is Cc1ccc(S(=O)(=O)NCCC2(Cc3ccccc3Cl)CCOC(C)(C)C2)cc1. The van der Waals surface area contributed by atoms with Crippen molar-refractivity contribution in [3.05, 3.63) is 64.7 Å². The molecule has 1 saturated heterocycles. The van der Waals surface area contributed by atoms with E-state index >= 15 is 0 Å². The van der Waals surface area contributed by atoms with Gasteiger partial charge in [-0.2, -0.15) is 0 Å². The van der Waals surface area contributed by atoms with E-state index in [-0.39, 0.29) is 11.0 Å². The normalized spacial score (nSPS) is 21.8. The smallest absolute Gasteiger partial charge is 0.240 e. The minimum absolute atomic E-state index is 0.0669. The average molecular weight is 436 g/mol. The van der Waals surface area contributed by atoms with Crippen molar-refractivity contribution >= 4 is 21.6 Å².